The molecule has 1 heterocycles. The van der Waals surface area contributed by atoms with Crippen molar-refractivity contribution in [1.29, 1.82) is 0 Å². The fraction of sp³-hybridized carbons (Fsp3) is 0.312. The summed E-state index contributed by atoms with van der Waals surface area (Å²) in [6.07, 6.45) is 0. The van der Waals surface area contributed by atoms with E-state index in [0.717, 1.165) is 5.69 Å². The predicted octanol–water partition coefficient (Wildman–Crippen LogP) is 2.24. The minimum atomic E-state index is -0.129. The number of nitrogens with one attached hydrogen (secondary N) is 1. The summed E-state index contributed by atoms with van der Waals surface area (Å²) in [5, 5.41) is 11.9. The molecular formula is C16H19N3O3S. The van der Waals surface area contributed by atoms with Crippen molar-refractivity contribution in [1.82, 2.24) is 4.57 Å². The molecule has 0 bridgehead atoms. The predicted molar refractivity (Wildman–Crippen MR) is 90.1 cm³/mol. The Morgan fingerprint density at radius 3 is 2.43 bits per heavy atom. The number of hydrogen-bond donors (Lipinski definition) is 2. The first-order valence-corrected chi connectivity index (χ1v) is 7.98. The first kappa shape index (κ1) is 17.1. The zero-order valence-electron chi connectivity index (χ0n) is 13.3. The molecule has 0 spiro atoms. The summed E-state index contributed by atoms with van der Waals surface area (Å²) in [4.78, 5) is 28.6. The average molecular weight is 333 g/mol. The van der Waals surface area contributed by atoms with Crippen molar-refractivity contribution < 1.29 is 14.7 Å². The molecule has 0 fully saturated rings. The van der Waals surface area contributed by atoms with Crippen molar-refractivity contribution in [3.63, 3.8) is 0 Å². The van der Waals surface area contributed by atoms with Crippen LogP contribution in [0.1, 0.15) is 29.2 Å². The highest BCUT2D eigenvalue weighted by Gasteiger charge is 2.13. The summed E-state index contributed by atoms with van der Waals surface area (Å²) in [6.45, 7) is 5.19. The molecule has 1 aromatic carbocycles. The summed E-state index contributed by atoms with van der Waals surface area (Å²) >= 11 is 1.31. The van der Waals surface area contributed by atoms with Crippen LogP contribution in [0, 0.1) is 6.92 Å². The maximum atomic E-state index is 11.7. The van der Waals surface area contributed by atoms with Crippen molar-refractivity contribution in [3.05, 3.63) is 39.6 Å². The second-order valence-corrected chi connectivity index (χ2v) is 6.05. The summed E-state index contributed by atoms with van der Waals surface area (Å²) in [6, 6.07) is 7.11. The van der Waals surface area contributed by atoms with Gasteiger partial charge in [-0.25, -0.2) is 4.99 Å². The van der Waals surface area contributed by atoms with Crippen molar-refractivity contribution >= 4 is 34.4 Å². The molecule has 6 nitrogen and oxygen atoms in total. The van der Waals surface area contributed by atoms with E-state index in [-0.39, 0.29) is 18.3 Å². The normalized spacial score (nSPS) is 11.6. The molecule has 7 heteroatoms. The Morgan fingerprint density at radius 2 is 1.91 bits per heavy atom. The standard InChI is InChI=1S/C16H19N3O3S/c1-10-15(11(2)21)23-16(19(10)8-9-20)18-14-6-4-13(5-7-14)17-12(3)22/h4-7,20H,8-9H2,1-3H3,(H,17,22)/b18-16+. The Labute approximate surface area is 138 Å². The van der Waals surface area contributed by atoms with Gasteiger partial charge in [0.25, 0.3) is 0 Å². The molecule has 1 amide bonds. The third-order valence-electron chi connectivity index (χ3n) is 3.21. The highest BCUT2D eigenvalue weighted by molar-refractivity contribution is 7.11. The number of amides is 1. The zero-order valence-corrected chi connectivity index (χ0v) is 14.1. The lowest BCUT2D eigenvalue weighted by molar-refractivity contribution is -0.114. The number of anilines is 1. The van der Waals surface area contributed by atoms with Gasteiger partial charge in [0.1, 0.15) is 0 Å². The van der Waals surface area contributed by atoms with Crippen LogP contribution in [0.15, 0.2) is 29.3 Å². The Hall–Kier alpha value is -2.25. The Kier molecular flexibility index (Phi) is 5.46. The number of aromatic nitrogens is 1. The maximum Gasteiger partial charge on any atom is 0.221 e. The Morgan fingerprint density at radius 1 is 1.26 bits per heavy atom. The smallest absolute Gasteiger partial charge is 0.221 e. The van der Waals surface area contributed by atoms with Crippen molar-refractivity contribution in [2.45, 2.75) is 27.3 Å². The van der Waals surface area contributed by atoms with Gasteiger partial charge < -0.3 is 15.0 Å². The van der Waals surface area contributed by atoms with Crippen LogP contribution < -0.4 is 10.1 Å². The van der Waals surface area contributed by atoms with Gasteiger partial charge in [0, 0.05) is 31.8 Å². The molecule has 0 radical (unpaired) electrons. The van der Waals surface area contributed by atoms with E-state index in [0.29, 0.717) is 27.6 Å². The topological polar surface area (TPSA) is 83.7 Å². The Balaban J connectivity index is 2.43. The number of aliphatic hydroxyl groups is 1. The van der Waals surface area contributed by atoms with E-state index in [1.54, 1.807) is 24.3 Å². The highest BCUT2D eigenvalue weighted by Crippen LogP contribution is 2.18. The maximum absolute atomic E-state index is 11.7. The molecule has 1 aromatic heterocycles. The molecule has 2 rings (SSSR count). The lowest BCUT2D eigenvalue weighted by Gasteiger charge is -2.04. The van der Waals surface area contributed by atoms with Gasteiger partial charge in [0.15, 0.2) is 10.6 Å². The molecule has 23 heavy (non-hydrogen) atoms. The number of thiazole rings is 1. The van der Waals surface area contributed by atoms with E-state index in [2.05, 4.69) is 10.3 Å². The Bertz CT molecular complexity index is 788. The molecule has 0 aliphatic heterocycles. The van der Waals surface area contributed by atoms with Crippen LogP contribution in [-0.4, -0.2) is 28.0 Å². The highest BCUT2D eigenvalue weighted by atomic mass is 32.1. The van der Waals surface area contributed by atoms with Crippen molar-refractivity contribution in [3.8, 4) is 0 Å². The van der Waals surface area contributed by atoms with Gasteiger partial charge in [-0.15, -0.1) is 0 Å². The lowest BCUT2D eigenvalue weighted by atomic mass is 10.3. The first-order chi connectivity index (χ1) is 10.9. The summed E-state index contributed by atoms with van der Waals surface area (Å²) in [5.74, 6) is -0.142. The summed E-state index contributed by atoms with van der Waals surface area (Å²) in [5.41, 5.74) is 2.22. The van der Waals surface area contributed by atoms with Crippen LogP contribution in [0.3, 0.4) is 0 Å². The fourth-order valence-corrected chi connectivity index (χ4v) is 3.27. The van der Waals surface area contributed by atoms with Gasteiger partial charge in [-0.05, 0) is 31.2 Å². The van der Waals surface area contributed by atoms with Gasteiger partial charge in [0.05, 0.1) is 17.2 Å². The fourth-order valence-electron chi connectivity index (χ4n) is 2.19. The number of aliphatic hydroxyl groups excluding tert-OH is 1. The van der Waals surface area contributed by atoms with E-state index >= 15 is 0 Å². The monoisotopic (exact) mass is 333 g/mol. The van der Waals surface area contributed by atoms with E-state index < -0.39 is 0 Å². The molecular weight excluding hydrogens is 314 g/mol. The minimum Gasteiger partial charge on any atom is -0.395 e. The number of nitrogens with zero attached hydrogens (tertiary/aromatic N) is 2. The van der Waals surface area contributed by atoms with Crippen molar-refractivity contribution in [2.24, 2.45) is 4.99 Å². The summed E-state index contributed by atoms with van der Waals surface area (Å²) in [7, 11) is 0. The molecule has 0 atom stereocenters. The minimum absolute atomic E-state index is 0.0124. The van der Waals surface area contributed by atoms with Gasteiger partial charge in [-0.1, -0.05) is 11.3 Å². The van der Waals surface area contributed by atoms with E-state index in [4.69, 9.17) is 0 Å². The van der Waals surface area contributed by atoms with Gasteiger partial charge in [0.2, 0.25) is 5.91 Å². The van der Waals surface area contributed by atoms with Gasteiger partial charge in [-0.3, -0.25) is 9.59 Å². The third-order valence-corrected chi connectivity index (χ3v) is 4.49. The second-order valence-electron chi connectivity index (χ2n) is 5.07. The van der Waals surface area contributed by atoms with E-state index in [9.17, 15) is 14.7 Å². The van der Waals surface area contributed by atoms with Crippen molar-refractivity contribution in [2.75, 3.05) is 11.9 Å². The van der Waals surface area contributed by atoms with Crippen LogP contribution in [0.4, 0.5) is 11.4 Å². The number of ketones is 1. The third kappa shape index (κ3) is 4.14. The molecule has 0 saturated heterocycles. The van der Waals surface area contributed by atoms with E-state index in [1.807, 2.05) is 11.5 Å². The molecule has 122 valence electrons. The van der Waals surface area contributed by atoms with Crippen LogP contribution in [0.25, 0.3) is 0 Å². The lowest BCUT2D eigenvalue weighted by Crippen LogP contribution is -2.18. The van der Waals surface area contributed by atoms with Crippen LogP contribution >= 0.6 is 11.3 Å². The second kappa shape index (κ2) is 7.34. The number of carbonyl (C=O) groups excluding carboxylic acids is 2. The molecule has 0 aliphatic carbocycles. The van der Waals surface area contributed by atoms with Crippen LogP contribution in [0.5, 0.6) is 0 Å². The zero-order chi connectivity index (χ0) is 17.0. The summed E-state index contributed by atoms with van der Waals surface area (Å²) < 4.78 is 1.84. The number of benzene rings is 1. The van der Waals surface area contributed by atoms with Crippen LogP contribution in [0.2, 0.25) is 0 Å². The number of Topliss-reactive ketones (excluding diaryl/α,β-unsaturated/α-hetero) is 1. The number of hydrogen-bond acceptors (Lipinski definition) is 5. The largest absolute Gasteiger partial charge is 0.395 e. The van der Waals surface area contributed by atoms with Crippen LogP contribution in [-0.2, 0) is 11.3 Å². The number of carbonyl (C=O) groups is 2. The quantitative estimate of drug-likeness (QED) is 0.823. The van der Waals surface area contributed by atoms with E-state index in [1.165, 1.54) is 25.2 Å². The molecule has 0 saturated carbocycles. The average Bonchev–Trinajstić information content (AvgIpc) is 2.78. The first-order valence-electron chi connectivity index (χ1n) is 7.16. The molecule has 2 aromatic rings. The molecule has 0 aliphatic rings. The SMILES string of the molecule is CC(=O)Nc1ccc(/N=c2/sc(C(C)=O)c(C)n2CCO)cc1. The molecule has 0 unspecified atom stereocenters. The number of rotatable bonds is 5. The molecule has 2 N–H and O–H groups in total. The van der Waals surface area contributed by atoms with Gasteiger partial charge in [-0.2, -0.15) is 0 Å². The van der Waals surface area contributed by atoms with Gasteiger partial charge >= 0.3 is 0 Å².